The molecule has 0 aliphatic rings. The quantitative estimate of drug-likeness (QED) is 0.0302. The van der Waals surface area contributed by atoms with E-state index in [9.17, 15) is 0 Å². The van der Waals surface area contributed by atoms with Crippen molar-refractivity contribution in [3.05, 3.63) is 194 Å². The molecule has 109 heavy (non-hydrogen) atoms. The fourth-order valence-corrected chi connectivity index (χ4v) is 17.4. The molecule has 13 heteroatoms. The Hall–Kier alpha value is -8.03. The third-order valence-corrected chi connectivity index (χ3v) is 22.8. The van der Waals surface area contributed by atoms with Crippen LogP contribution < -0.4 is 44.3 Å². The number of benzene rings is 9. The van der Waals surface area contributed by atoms with E-state index in [4.69, 9.17) is 28.4 Å². The van der Waals surface area contributed by atoms with Gasteiger partial charge < -0.3 is 55.3 Å². The van der Waals surface area contributed by atoms with Gasteiger partial charge in [0.2, 0.25) is 0 Å². The van der Waals surface area contributed by atoms with Crippen LogP contribution in [0.4, 0.5) is 0 Å². The summed E-state index contributed by atoms with van der Waals surface area (Å²) in [5.74, 6) is 5.33. The lowest BCUT2D eigenvalue weighted by atomic mass is 9.90. The van der Waals surface area contributed by atoms with Gasteiger partial charge in [-0.15, -0.1) is 0 Å². The number of ether oxygens (including phenoxy) is 6. The molecule has 0 amide bonds. The highest BCUT2D eigenvalue weighted by atomic mass is 31.1. The highest BCUT2D eigenvalue weighted by Crippen LogP contribution is 2.47. The maximum absolute atomic E-state index is 6.64. The van der Waals surface area contributed by atoms with Gasteiger partial charge >= 0.3 is 0 Å². The Balaban J connectivity index is 1.44. The van der Waals surface area contributed by atoms with Crippen LogP contribution in [0, 0.1) is 83.1 Å². The lowest BCUT2D eigenvalue weighted by Gasteiger charge is -2.27. The number of rotatable bonds is 33. The van der Waals surface area contributed by atoms with Crippen LogP contribution in [0.25, 0.3) is 66.8 Å². The molecular formula is C96H135N6O6P+6. The SMILES string of the molecule is Cc1cc(OCC[N+](C)(C)C)cc(C)c1-c1cc(-c2c(C)cc(OCC[N+](C)(C)C)cc2C)cc(P(c2cc(-c3c(C)cc(OCC[N+](C)(C)C)cc3C)cc(-c3c(C)cc(OCC[N+](C)(C)C)cc3C)c2)c2cc(-c3c(C)cc(OCC[N+](C)(C)C)cc3C)cc(-c3c(C)cc(OCC[N+](C)(C)C)cc3C)c2)c1. The van der Waals surface area contributed by atoms with Crippen molar-refractivity contribution in [3.63, 3.8) is 0 Å². The summed E-state index contributed by atoms with van der Waals surface area (Å²) in [5, 5.41) is 3.68. The van der Waals surface area contributed by atoms with Crippen LogP contribution in [0.2, 0.25) is 0 Å². The van der Waals surface area contributed by atoms with E-state index in [-0.39, 0.29) is 0 Å². The van der Waals surface area contributed by atoms with Crippen LogP contribution in [-0.4, -0.2) is 233 Å². The second kappa shape index (κ2) is 34.3. The minimum Gasteiger partial charge on any atom is -0.488 e. The maximum Gasteiger partial charge on any atom is 0.137 e. The fourth-order valence-electron chi connectivity index (χ4n) is 14.9. The molecule has 0 saturated heterocycles. The average Bonchev–Trinajstić information content (AvgIpc) is 0.747. The number of quaternary nitrogens is 6. The first kappa shape index (κ1) is 85.0. The standard InChI is InChI=1S/C96H135N6O6P/c1-64-43-82(103-37-31-97(13,14)15)44-65(2)91(64)76-55-77(92-66(3)45-83(46-67(92)4)104-38-32-98(16,17)18)59-88(58-76)109(89-60-78(93-68(5)47-84(48-69(93)6)105-39-33-99(19,20)21)56-79(61-89)94-70(7)49-85(50-71(94)8)106-40-34-100(22,23)24)90-62-80(95-72(9)51-86(52-73(95)10)107-41-35-101(25,26)27)57-81(63-90)96-74(11)53-87(54-75(96)12)108-42-36-102(28,29)30/h43-63H,31-42H2,1-30H3/q+6. The molecule has 0 unspecified atom stereocenters. The van der Waals surface area contributed by atoms with Crippen molar-refractivity contribution in [3.8, 4) is 101 Å². The fraction of sp³-hybridized carbons (Fsp3) is 0.438. The molecule has 9 rings (SSSR count). The van der Waals surface area contributed by atoms with Crippen molar-refractivity contribution < 1.29 is 55.3 Å². The molecule has 0 spiro atoms. The Bertz CT molecular complexity index is 3850. The van der Waals surface area contributed by atoms with Gasteiger partial charge in [-0.05, 0) is 368 Å². The molecule has 0 aromatic heterocycles. The van der Waals surface area contributed by atoms with Crippen LogP contribution in [0.15, 0.2) is 127 Å². The summed E-state index contributed by atoms with van der Waals surface area (Å²) < 4.78 is 44.7. The van der Waals surface area contributed by atoms with E-state index in [1.807, 2.05) is 0 Å². The van der Waals surface area contributed by atoms with Crippen molar-refractivity contribution in [1.82, 2.24) is 0 Å². The number of aryl methyl sites for hydroxylation is 12. The highest BCUT2D eigenvalue weighted by molar-refractivity contribution is 7.79. The van der Waals surface area contributed by atoms with E-state index >= 15 is 0 Å². The first-order valence-electron chi connectivity index (χ1n) is 39.2. The zero-order valence-corrected chi connectivity index (χ0v) is 73.6. The molecule has 0 atom stereocenters. The van der Waals surface area contributed by atoms with E-state index in [0.717, 1.165) is 201 Å². The minimum atomic E-state index is -1.51. The molecule has 584 valence electrons. The average molecular weight is 1500 g/mol. The molecule has 0 N–H and O–H groups in total. The predicted octanol–water partition coefficient (Wildman–Crippen LogP) is 17.7. The molecule has 0 saturated carbocycles. The van der Waals surface area contributed by atoms with Gasteiger partial charge in [0, 0.05) is 0 Å². The summed E-state index contributed by atoms with van der Waals surface area (Å²) in [5.41, 5.74) is 28.1. The van der Waals surface area contributed by atoms with Gasteiger partial charge in [-0.25, -0.2) is 0 Å². The van der Waals surface area contributed by atoms with Crippen LogP contribution in [-0.2, 0) is 0 Å². The largest absolute Gasteiger partial charge is 0.488 e. The Morgan fingerprint density at radius 2 is 0.303 bits per heavy atom. The molecule has 9 aromatic rings. The van der Waals surface area contributed by atoms with Crippen molar-refractivity contribution >= 4 is 23.8 Å². The molecule has 0 aliphatic carbocycles. The lowest BCUT2D eigenvalue weighted by molar-refractivity contribution is -0.870. The van der Waals surface area contributed by atoms with E-state index in [0.29, 0.717) is 39.6 Å². The maximum atomic E-state index is 6.64. The van der Waals surface area contributed by atoms with Crippen molar-refractivity contribution in [1.29, 1.82) is 0 Å². The second-order valence-electron chi connectivity index (χ2n) is 37.4. The third-order valence-electron chi connectivity index (χ3n) is 20.5. The summed E-state index contributed by atoms with van der Waals surface area (Å²) in [6.07, 6.45) is 0. The summed E-state index contributed by atoms with van der Waals surface area (Å²) in [4.78, 5) is 0. The molecule has 12 nitrogen and oxygen atoms in total. The molecule has 0 aliphatic heterocycles. The Morgan fingerprint density at radius 1 is 0.183 bits per heavy atom. The van der Waals surface area contributed by atoms with Gasteiger partial charge in [-0.3, -0.25) is 0 Å². The van der Waals surface area contributed by atoms with E-state index in [1.54, 1.807) is 0 Å². The first-order chi connectivity index (χ1) is 50.6. The van der Waals surface area contributed by atoms with Crippen molar-refractivity contribution in [2.75, 3.05) is 206 Å². The van der Waals surface area contributed by atoms with Crippen LogP contribution in [0.1, 0.15) is 66.8 Å². The van der Waals surface area contributed by atoms with Crippen LogP contribution in [0.3, 0.4) is 0 Å². The molecule has 0 fully saturated rings. The topological polar surface area (TPSA) is 55.4 Å². The second-order valence-corrected chi connectivity index (χ2v) is 39.6. The highest BCUT2D eigenvalue weighted by Gasteiger charge is 2.28. The molecule has 0 bridgehead atoms. The van der Waals surface area contributed by atoms with Gasteiger partial charge in [0.15, 0.2) is 0 Å². The predicted molar refractivity (Wildman–Crippen MR) is 465 cm³/mol. The first-order valence-corrected chi connectivity index (χ1v) is 40.5. The summed E-state index contributed by atoms with van der Waals surface area (Å²) in [6.45, 7) is 36.2. The van der Waals surface area contributed by atoms with Gasteiger partial charge in [0.05, 0.1) is 127 Å². The molecule has 9 aromatic carbocycles. The smallest absolute Gasteiger partial charge is 0.137 e. The summed E-state index contributed by atoms with van der Waals surface area (Å²) in [7, 11) is 38.4. The van der Waals surface area contributed by atoms with Crippen LogP contribution in [0.5, 0.6) is 34.5 Å². The Labute approximate surface area is 659 Å². The summed E-state index contributed by atoms with van der Waals surface area (Å²) in [6, 6.07) is 49.7. The number of nitrogens with zero attached hydrogens (tertiary/aromatic N) is 6. The molecule has 0 radical (unpaired) electrons. The van der Waals surface area contributed by atoms with Gasteiger partial charge in [-0.1, -0.05) is 0 Å². The zero-order valence-electron chi connectivity index (χ0n) is 72.7. The Kier molecular flexibility index (Phi) is 26.7. The number of hydrogen-bond donors (Lipinski definition) is 0. The monoisotopic (exact) mass is 1500 g/mol. The third kappa shape index (κ3) is 23.5. The molecular weight excluding hydrogens is 1360 g/mol. The van der Waals surface area contributed by atoms with Crippen molar-refractivity contribution in [2.24, 2.45) is 0 Å². The van der Waals surface area contributed by atoms with Crippen LogP contribution >= 0.6 is 7.92 Å². The minimum absolute atomic E-state index is 0.616. The van der Waals surface area contributed by atoms with Gasteiger partial charge in [0.1, 0.15) is 113 Å². The number of likely N-dealkylation sites (N-methyl/N-ethyl adjacent to an activating group) is 6. The van der Waals surface area contributed by atoms with E-state index < -0.39 is 7.92 Å². The van der Waals surface area contributed by atoms with E-state index in [2.05, 4.69) is 337 Å². The zero-order chi connectivity index (χ0) is 80.2. The van der Waals surface area contributed by atoms with Gasteiger partial charge in [-0.2, -0.15) is 0 Å². The Morgan fingerprint density at radius 3 is 0.413 bits per heavy atom. The normalized spacial score (nSPS) is 12.5. The van der Waals surface area contributed by atoms with Gasteiger partial charge in [0.25, 0.3) is 0 Å². The molecule has 0 heterocycles. The lowest BCUT2D eigenvalue weighted by Crippen LogP contribution is -2.38. The van der Waals surface area contributed by atoms with E-state index in [1.165, 1.54) is 49.3 Å². The van der Waals surface area contributed by atoms with Crippen molar-refractivity contribution in [2.45, 2.75) is 83.1 Å². The summed E-state index contributed by atoms with van der Waals surface area (Å²) >= 11 is 0. The number of hydrogen-bond acceptors (Lipinski definition) is 6.